The van der Waals surface area contributed by atoms with Crippen molar-refractivity contribution in [3.63, 3.8) is 0 Å². The maximum atomic E-state index is 12.9. The summed E-state index contributed by atoms with van der Waals surface area (Å²) in [7, 11) is 3.27. The molecule has 27 heavy (non-hydrogen) atoms. The topological polar surface area (TPSA) is 53.4 Å². The zero-order valence-corrected chi connectivity index (χ0v) is 15.8. The molecule has 0 saturated heterocycles. The van der Waals surface area contributed by atoms with Crippen LogP contribution >= 0.6 is 11.3 Å². The SMILES string of the molecule is COc1cccc(Cn2cnc3cc(-c4cccc(OC)c4)sc3c2=O)c1. The first-order valence-electron chi connectivity index (χ1n) is 8.44. The maximum Gasteiger partial charge on any atom is 0.271 e. The summed E-state index contributed by atoms with van der Waals surface area (Å²) < 4.78 is 12.8. The van der Waals surface area contributed by atoms with Crippen molar-refractivity contribution >= 4 is 21.6 Å². The number of ether oxygens (including phenoxy) is 2. The minimum absolute atomic E-state index is 0.0398. The van der Waals surface area contributed by atoms with Gasteiger partial charge in [-0.15, -0.1) is 11.3 Å². The van der Waals surface area contributed by atoms with Gasteiger partial charge in [-0.2, -0.15) is 0 Å². The van der Waals surface area contributed by atoms with Crippen LogP contribution in [-0.2, 0) is 6.54 Å². The minimum atomic E-state index is -0.0398. The zero-order chi connectivity index (χ0) is 18.8. The Hall–Kier alpha value is -3.12. The molecule has 0 spiro atoms. The summed E-state index contributed by atoms with van der Waals surface area (Å²) in [5.41, 5.74) is 2.67. The van der Waals surface area contributed by atoms with E-state index in [0.29, 0.717) is 16.8 Å². The lowest BCUT2D eigenvalue weighted by Crippen LogP contribution is -2.20. The predicted molar refractivity (Wildman–Crippen MR) is 108 cm³/mol. The molecule has 0 amide bonds. The van der Waals surface area contributed by atoms with Gasteiger partial charge in [0.15, 0.2) is 0 Å². The zero-order valence-electron chi connectivity index (χ0n) is 15.0. The highest BCUT2D eigenvalue weighted by Gasteiger charge is 2.11. The van der Waals surface area contributed by atoms with Crippen LogP contribution in [-0.4, -0.2) is 23.8 Å². The Kier molecular flexibility index (Phi) is 4.64. The number of thiophene rings is 1. The van der Waals surface area contributed by atoms with Gasteiger partial charge in [0, 0.05) is 4.88 Å². The maximum absolute atomic E-state index is 12.9. The first-order valence-corrected chi connectivity index (χ1v) is 9.26. The number of aromatic nitrogens is 2. The van der Waals surface area contributed by atoms with Crippen molar-refractivity contribution in [2.45, 2.75) is 6.54 Å². The third-order valence-electron chi connectivity index (χ3n) is 4.35. The fourth-order valence-electron chi connectivity index (χ4n) is 2.94. The van der Waals surface area contributed by atoms with Crippen molar-refractivity contribution in [2.75, 3.05) is 14.2 Å². The molecule has 0 fully saturated rings. The lowest BCUT2D eigenvalue weighted by molar-refractivity contribution is 0.414. The van der Waals surface area contributed by atoms with E-state index >= 15 is 0 Å². The minimum Gasteiger partial charge on any atom is -0.497 e. The van der Waals surface area contributed by atoms with Gasteiger partial charge >= 0.3 is 0 Å². The third-order valence-corrected chi connectivity index (χ3v) is 5.51. The Morgan fingerprint density at radius 3 is 2.52 bits per heavy atom. The van der Waals surface area contributed by atoms with E-state index in [0.717, 1.165) is 27.5 Å². The molecular formula is C21H18N2O3S. The molecule has 0 saturated carbocycles. The van der Waals surface area contributed by atoms with Crippen LogP contribution in [0.5, 0.6) is 11.5 Å². The summed E-state index contributed by atoms with van der Waals surface area (Å²) in [6, 6.07) is 17.4. The summed E-state index contributed by atoms with van der Waals surface area (Å²) >= 11 is 1.45. The second kappa shape index (κ2) is 7.25. The van der Waals surface area contributed by atoms with Gasteiger partial charge in [-0.3, -0.25) is 9.36 Å². The largest absolute Gasteiger partial charge is 0.497 e. The molecule has 2 heterocycles. The molecule has 0 aliphatic heterocycles. The molecular weight excluding hydrogens is 360 g/mol. The van der Waals surface area contributed by atoms with E-state index in [1.54, 1.807) is 25.1 Å². The van der Waals surface area contributed by atoms with Gasteiger partial charge in [-0.25, -0.2) is 4.98 Å². The van der Waals surface area contributed by atoms with Crippen LogP contribution in [0.4, 0.5) is 0 Å². The van der Waals surface area contributed by atoms with Gasteiger partial charge in [0.1, 0.15) is 16.2 Å². The van der Waals surface area contributed by atoms with Crippen molar-refractivity contribution in [1.82, 2.24) is 9.55 Å². The van der Waals surface area contributed by atoms with Crippen molar-refractivity contribution in [2.24, 2.45) is 0 Å². The van der Waals surface area contributed by atoms with Gasteiger partial charge < -0.3 is 9.47 Å². The molecule has 6 heteroatoms. The van der Waals surface area contributed by atoms with Crippen LogP contribution in [0.25, 0.3) is 20.7 Å². The van der Waals surface area contributed by atoms with Gasteiger partial charge in [0.25, 0.3) is 5.56 Å². The van der Waals surface area contributed by atoms with Crippen LogP contribution in [0.2, 0.25) is 0 Å². The van der Waals surface area contributed by atoms with E-state index in [4.69, 9.17) is 9.47 Å². The average molecular weight is 378 g/mol. The highest BCUT2D eigenvalue weighted by molar-refractivity contribution is 7.22. The van der Waals surface area contributed by atoms with Crippen molar-refractivity contribution in [1.29, 1.82) is 0 Å². The number of rotatable bonds is 5. The Bertz CT molecular complexity index is 1160. The molecule has 0 atom stereocenters. The molecule has 0 bridgehead atoms. The summed E-state index contributed by atoms with van der Waals surface area (Å²) in [5.74, 6) is 1.55. The van der Waals surface area contributed by atoms with E-state index in [1.165, 1.54) is 11.3 Å². The predicted octanol–water partition coefficient (Wildman–Crippen LogP) is 4.19. The van der Waals surface area contributed by atoms with Gasteiger partial charge in [0.05, 0.1) is 32.6 Å². The monoisotopic (exact) mass is 378 g/mol. The average Bonchev–Trinajstić information content (AvgIpc) is 3.15. The molecule has 0 radical (unpaired) electrons. The highest BCUT2D eigenvalue weighted by Crippen LogP contribution is 2.32. The Morgan fingerprint density at radius 1 is 1.00 bits per heavy atom. The van der Waals surface area contributed by atoms with Crippen molar-refractivity contribution in [3.8, 4) is 21.9 Å². The fraction of sp³-hybridized carbons (Fsp3) is 0.143. The number of fused-ring (bicyclic) bond motifs is 1. The Labute approximate surface area is 160 Å². The van der Waals surface area contributed by atoms with E-state index in [9.17, 15) is 4.79 Å². The van der Waals surface area contributed by atoms with Gasteiger partial charge in [-0.1, -0.05) is 24.3 Å². The summed E-state index contributed by atoms with van der Waals surface area (Å²) in [6.07, 6.45) is 1.60. The lowest BCUT2D eigenvalue weighted by atomic mass is 10.2. The number of nitrogens with zero attached hydrogens (tertiary/aromatic N) is 2. The molecule has 2 aromatic carbocycles. The second-order valence-electron chi connectivity index (χ2n) is 6.09. The molecule has 0 aliphatic carbocycles. The van der Waals surface area contributed by atoms with Crippen LogP contribution in [0.3, 0.4) is 0 Å². The first-order chi connectivity index (χ1) is 13.2. The molecule has 4 aromatic rings. The smallest absolute Gasteiger partial charge is 0.271 e. The Morgan fingerprint density at radius 2 is 1.74 bits per heavy atom. The molecule has 0 aliphatic rings. The van der Waals surface area contributed by atoms with E-state index in [2.05, 4.69) is 4.98 Å². The summed E-state index contributed by atoms with van der Waals surface area (Å²) in [5, 5.41) is 0. The fourth-order valence-corrected chi connectivity index (χ4v) is 4.00. The molecule has 0 unspecified atom stereocenters. The van der Waals surface area contributed by atoms with Gasteiger partial charge in [-0.05, 0) is 41.5 Å². The van der Waals surface area contributed by atoms with Crippen LogP contribution in [0, 0.1) is 0 Å². The number of hydrogen-bond donors (Lipinski definition) is 0. The van der Waals surface area contributed by atoms with Crippen LogP contribution in [0.15, 0.2) is 65.7 Å². The second-order valence-corrected chi connectivity index (χ2v) is 7.14. The van der Waals surface area contributed by atoms with Crippen molar-refractivity contribution in [3.05, 3.63) is 76.8 Å². The normalized spacial score (nSPS) is 10.9. The number of methoxy groups -OCH3 is 2. The molecule has 5 nitrogen and oxygen atoms in total. The summed E-state index contributed by atoms with van der Waals surface area (Å²) in [6.45, 7) is 0.450. The van der Waals surface area contributed by atoms with E-state index in [-0.39, 0.29) is 5.56 Å². The lowest BCUT2D eigenvalue weighted by Gasteiger charge is -2.07. The Balaban J connectivity index is 1.72. The summed E-state index contributed by atoms with van der Waals surface area (Å²) in [4.78, 5) is 18.4. The first kappa shape index (κ1) is 17.3. The van der Waals surface area contributed by atoms with E-state index in [1.807, 2.05) is 54.6 Å². The van der Waals surface area contributed by atoms with Gasteiger partial charge in [0.2, 0.25) is 0 Å². The number of benzene rings is 2. The highest BCUT2D eigenvalue weighted by atomic mass is 32.1. The van der Waals surface area contributed by atoms with E-state index < -0.39 is 0 Å². The van der Waals surface area contributed by atoms with Crippen molar-refractivity contribution < 1.29 is 9.47 Å². The van der Waals surface area contributed by atoms with Crippen LogP contribution in [0.1, 0.15) is 5.56 Å². The standard InChI is InChI=1S/C21H18N2O3S/c1-25-16-7-3-5-14(9-16)12-23-13-22-18-11-19(27-20(18)21(23)24)15-6-4-8-17(10-15)26-2/h3-11,13H,12H2,1-2H3. The third kappa shape index (κ3) is 3.44. The molecule has 4 rings (SSSR count). The molecule has 136 valence electrons. The quantitative estimate of drug-likeness (QED) is 0.522. The number of hydrogen-bond acceptors (Lipinski definition) is 5. The molecule has 0 N–H and O–H groups in total. The van der Waals surface area contributed by atoms with Crippen LogP contribution < -0.4 is 15.0 Å². The molecule has 2 aromatic heterocycles.